The van der Waals surface area contributed by atoms with Crippen LogP contribution < -0.4 is 0 Å². The smallest absolute Gasteiger partial charge is 0.261 e. The summed E-state index contributed by atoms with van der Waals surface area (Å²) in [6, 6.07) is 4.60. The van der Waals surface area contributed by atoms with Gasteiger partial charge in [-0.1, -0.05) is 12.1 Å². The summed E-state index contributed by atoms with van der Waals surface area (Å²) in [5.74, 6) is -0.0119. The Morgan fingerprint density at radius 3 is 2.57 bits per heavy atom. The standard InChI is InChI=1S/C9H7ClO3S/c10-14(12,13)9-3-1-2-6-7(9)4-5-8(6)11/h1-3H,4-5H2. The fourth-order valence-corrected chi connectivity index (χ4v) is 2.87. The number of halogens is 1. The number of carbonyl (C=O) groups is 1. The summed E-state index contributed by atoms with van der Waals surface area (Å²) in [6.45, 7) is 0. The molecule has 1 aliphatic rings. The summed E-state index contributed by atoms with van der Waals surface area (Å²) in [6.07, 6.45) is 0.842. The van der Waals surface area contributed by atoms with Gasteiger partial charge < -0.3 is 0 Å². The van der Waals surface area contributed by atoms with Gasteiger partial charge >= 0.3 is 0 Å². The fraction of sp³-hybridized carbons (Fsp3) is 0.222. The molecule has 1 aromatic carbocycles. The zero-order valence-corrected chi connectivity index (χ0v) is 8.73. The lowest BCUT2D eigenvalue weighted by molar-refractivity contribution is 0.0994. The lowest BCUT2D eigenvalue weighted by Gasteiger charge is -2.02. The van der Waals surface area contributed by atoms with E-state index in [2.05, 4.69) is 0 Å². The second-order valence-corrected chi connectivity index (χ2v) is 5.68. The first-order valence-electron chi connectivity index (χ1n) is 4.10. The van der Waals surface area contributed by atoms with Crippen LogP contribution in [0.15, 0.2) is 23.1 Å². The van der Waals surface area contributed by atoms with Crippen LogP contribution in [0.3, 0.4) is 0 Å². The summed E-state index contributed by atoms with van der Waals surface area (Å²) < 4.78 is 22.3. The molecule has 74 valence electrons. The average Bonchev–Trinajstić information content (AvgIpc) is 2.46. The largest absolute Gasteiger partial charge is 0.294 e. The highest BCUT2D eigenvalue weighted by atomic mass is 35.7. The van der Waals surface area contributed by atoms with Gasteiger partial charge in [-0.15, -0.1) is 0 Å². The van der Waals surface area contributed by atoms with Crippen LogP contribution in [0, 0.1) is 0 Å². The minimum Gasteiger partial charge on any atom is -0.294 e. The van der Waals surface area contributed by atoms with Gasteiger partial charge in [0.1, 0.15) is 0 Å². The summed E-state index contributed by atoms with van der Waals surface area (Å²) in [7, 11) is 1.52. The van der Waals surface area contributed by atoms with Crippen molar-refractivity contribution in [3.63, 3.8) is 0 Å². The Morgan fingerprint density at radius 1 is 1.21 bits per heavy atom. The third-order valence-electron chi connectivity index (χ3n) is 2.30. The topological polar surface area (TPSA) is 51.2 Å². The Kier molecular flexibility index (Phi) is 2.12. The minimum atomic E-state index is -3.73. The molecular formula is C9H7ClO3S. The molecule has 0 saturated heterocycles. The van der Waals surface area contributed by atoms with Crippen LogP contribution in [0.1, 0.15) is 22.3 Å². The van der Waals surface area contributed by atoms with Crippen LogP contribution in [0.2, 0.25) is 0 Å². The molecule has 0 radical (unpaired) electrons. The van der Waals surface area contributed by atoms with E-state index < -0.39 is 9.05 Å². The number of Topliss-reactive ketones (excluding diaryl/α,β-unsaturated/α-hetero) is 1. The molecule has 3 nitrogen and oxygen atoms in total. The first-order valence-corrected chi connectivity index (χ1v) is 6.41. The third-order valence-corrected chi connectivity index (χ3v) is 3.70. The average molecular weight is 231 g/mol. The van der Waals surface area contributed by atoms with Crippen molar-refractivity contribution in [2.45, 2.75) is 17.7 Å². The summed E-state index contributed by atoms with van der Waals surface area (Å²) in [5.41, 5.74) is 1.05. The summed E-state index contributed by atoms with van der Waals surface area (Å²) in [5, 5.41) is 0. The zero-order chi connectivity index (χ0) is 10.3. The van der Waals surface area contributed by atoms with Gasteiger partial charge in [0.05, 0.1) is 4.90 Å². The third kappa shape index (κ3) is 1.44. The van der Waals surface area contributed by atoms with Crippen LogP contribution >= 0.6 is 10.7 Å². The van der Waals surface area contributed by atoms with E-state index in [0.717, 1.165) is 0 Å². The van der Waals surface area contributed by atoms with E-state index in [9.17, 15) is 13.2 Å². The van der Waals surface area contributed by atoms with Gasteiger partial charge in [-0.2, -0.15) is 0 Å². The molecule has 0 amide bonds. The molecule has 0 spiro atoms. The van der Waals surface area contributed by atoms with E-state index in [1.807, 2.05) is 0 Å². The zero-order valence-electron chi connectivity index (χ0n) is 7.16. The molecule has 5 heteroatoms. The molecule has 0 unspecified atom stereocenters. The van der Waals surface area contributed by atoms with E-state index in [-0.39, 0.29) is 10.7 Å². The Labute approximate surface area is 86.1 Å². The van der Waals surface area contributed by atoms with Crippen molar-refractivity contribution in [3.05, 3.63) is 29.3 Å². The van der Waals surface area contributed by atoms with Gasteiger partial charge in [0.15, 0.2) is 5.78 Å². The maximum Gasteiger partial charge on any atom is 0.261 e. The molecule has 0 bridgehead atoms. The lowest BCUT2D eigenvalue weighted by atomic mass is 10.1. The van der Waals surface area contributed by atoms with Crippen molar-refractivity contribution in [3.8, 4) is 0 Å². The Hall–Kier alpha value is -0.870. The van der Waals surface area contributed by atoms with Gasteiger partial charge in [0.25, 0.3) is 9.05 Å². The first kappa shape index (κ1) is 9.68. The molecule has 0 aliphatic heterocycles. The number of rotatable bonds is 1. The summed E-state index contributed by atoms with van der Waals surface area (Å²) in [4.78, 5) is 11.4. The van der Waals surface area contributed by atoms with E-state index in [1.54, 1.807) is 6.07 Å². The first-order chi connectivity index (χ1) is 6.50. The quantitative estimate of drug-likeness (QED) is 0.691. The lowest BCUT2D eigenvalue weighted by Crippen LogP contribution is -1.98. The van der Waals surface area contributed by atoms with E-state index >= 15 is 0 Å². The molecule has 0 fully saturated rings. The second kappa shape index (κ2) is 3.07. The molecule has 14 heavy (non-hydrogen) atoms. The molecule has 0 saturated carbocycles. The fourth-order valence-electron chi connectivity index (χ4n) is 1.69. The number of hydrogen-bond donors (Lipinski definition) is 0. The van der Waals surface area contributed by atoms with Gasteiger partial charge in [0.2, 0.25) is 0 Å². The number of fused-ring (bicyclic) bond motifs is 1. The van der Waals surface area contributed by atoms with Crippen molar-refractivity contribution in [1.82, 2.24) is 0 Å². The van der Waals surface area contributed by atoms with Crippen LogP contribution in [-0.4, -0.2) is 14.2 Å². The minimum absolute atomic E-state index is 0.0119. The molecule has 0 aromatic heterocycles. The van der Waals surface area contributed by atoms with Crippen molar-refractivity contribution >= 4 is 25.5 Å². The summed E-state index contributed by atoms with van der Waals surface area (Å²) >= 11 is 0. The van der Waals surface area contributed by atoms with Gasteiger partial charge in [-0.3, -0.25) is 4.79 Å². The highest BCUT2D eigenvalue weighted by molar-refractivity contribution is 8.13. The van der Waals surface area contributed by atoms with Crippen LogP contribution in [0.4, 0.5) is 0 Å². The van der Waals surface area contributed by atoms with Crippen molar-refractivity contribution in [2.24, 2.45) is 0 Å². The van der Waals surface area contributed by atoms with Crippen molar-refractivity contribution < 1.29 is 13.2 Å². The van der Waals surface area contributed by atoms with Crippen molar-refractivity contribution in [1.29, 1.82) is 0 Å². The van der Waals surface area contributed by atoms with Crippen LogP contribution in [0.5, 0.6) is 0 Å². The van der Waals surface area contributed by atoms with Gasteiger partial charge in [-0.05, 0) is 18.1 Å². The van der Waals surface area contributed by atoms with Crippen LogP contribution in [0.25, 0.3) is 0 Å². The monoisotopic (exact) mass is 230 g/mol. The number of carbonyl (C=O) groups excluding carboxylic acids is 1. The number of hydrogen-bond acceptors (Lipinski definition) is 3. The van der Waals surface area contributed by atoms with Gasteiger partial charge in [0, 0.05) is 22.7 Å². The van der Waals surface area contributed by atoms with E-state index in [4.69, 9.17) is 10.7 Å². The maximum atomic E-state index is 11.3. The van der Waals surface area contributed by atoms with E-state index in [0.29, 0.717) is 24.0 Å². The molecule has 0 N–H and O–H groups in total. The molecule has 2 rings (SSSR count). The molecule has 1 aliphatic carbocycles. The second-order valence-electron chi connectivity index (χ2n) is 3.14. The predicted octanol–water partition coefficient (Wildman–Crippen LogP) is 1.74. The number of benzene rings is 1. The van der Waals surface area contributed by atoms with E-state index in [1.165, 1.54) is 12.1 Å². The molecule has 0 atom stereocenters. The Bertz CT molecular complexity index is 505. The number of ketones is 1. The maximum absolute atomic E-state index is 11.3. The highest BCUT2D eigenvalue weighted by Gasteiger charge is 2.26. The van der Waals surface area contributed by atoms with Crippen molar-refractivity contribution in [2.75, 3.05) is 0 Å². The normalized spacial score (nSPS) is 15.6. The van der Waals surface area contributed by atoms with Crippen LogP contribution in [-0.2, 0) is 15.5 Å². The molecule has 1 aromatic rings. The van der Waals surface area contributed by atoms with Gasteiger partial charge in [-0.25, -0.2) is 8.42 Å². The molecular weight excluding hydrogens is 224 g/mol. The highest BCUT2D eigenvalue weighted by Crippen LogP contribution is 2.29. The molecule has 0 heterocycles. The SMILES string of the molecule is O=C1CCc2c1cccc2S(=O)(=O)Cl. The Morgan fingerprint density at radius 2 is 1.93 bits per heavy atom. The predicted molar refractivity (Wildman–Crippen MR) is 52.1 cm³/mol. The Balaban J connectivity index is 2.73.